The Balaban J connectivity index is 1.87. The highest BCUT2D eigenvalue weighted by molar-refractivity contribution is 5.93. The molecule has 3 atom stereocenters. The molecule has 0 aliphatic carbocycles. The van der Waals surface area contributed by atoms with Crippen molar-refractivity contribution in [1.82, 2.24) is 15.5 Å². The number of rotatable bonds is 10. The van der Waals surface area contributed by atoms with Crippen molar-refractivity contribution in [2.45, 2.75) is 57.3 Å². The molecule has 170 valence electrons. The SMILES string of the molecule is CCC(NC(=O)[C@@H]1CCCN1C(=O)CNC(=O)C(N)Cc1cccc(CN)c1)C(=O)O. The number of carboxylic acid groups (broad SMARTS) is 1. The lowest BCUT2D eigenvalue weighted by Crippen LogP contribution is -2.53. The highest BCUT2D eigenvalue weighted by Crippen LogP contribution is 2.18. The van der Waals surface area contributed by atoms with Crippen molar-refractivity contribution in [2.75, 3.05) is 13.1 Å². The first-order valence-electron chi connectivity index (χ1n) is 10.4. The fourth-order valence-corrected chi connectivity index (χ4v) is 3.57. The highest BCUT2D eigenvalue weighted by Gasteiger charge is 2.35. The van der Waals surface area contributed by atoms with Gasteiger partial charge in [-0.15, -0.1) is 0 Å². The van der Waals surface area contributed by atoms with E-state index in [1.165, 1.54) is 4.90 Å². The highest BCUT2D eigenvalue weighted by atomic mass is 16.4. The van der Waals surface area contributed by atoms with Gasteiger partial charge in [-0.3, -0.25) is 14.4 Å². The third kappa shape index (κ3) is 6.76. The Kier molecular flexibility index (Phi) is 8.95. The number of hydrogen-bond acceptors (Lipinski definition) is 6. The Morgan fingerprint density at radius 3 is 2.61 bits per heavy atom. The van der Waals surface area contributed by atoms with Gasteiger partial charge in [-0.25, -0.2) is 4.79 Å². The normalized spacial score (nSPS) is 17.6. The third-order valence-corrected chi connectivity index (χ3v) is 5.33. The van der Waals surface area contributed by atoms with Crippen LogP contribution in [0.3, 0.4) is 0 Å². The fraction of sp³-hybridized carbons (Fsp3) is 0.524. The van der Waals surface area contributed by atoms with Crippen LogP contribution in [-0.2, 0) is 32.1 Å². The van der Waals surface area contributed by atoms with E-state index in [1.54, 1.807) is 6.92 Å². The van der Waals surface area contributed by atoms with E-state index < -0.39 is 41.8 Å². The van der Waals surface area contributed by atoms with Crippen LogP contribution < -0.4 is 22.1 Å². The molecule has 0 radical (unpaired) electrons. The monoisotopic (exact) mass is 433 g/mol. The summed E-state index contributed by atoms with van der Waals surface area (Å²) in [4.78, 5) is 49.9. The van der Waals surface area contributed by atoms with E-state index >= 15 is 0 Å². The van der Waals surface area contributed by atoms with Gasteiger partial charge in [0.15, 0.2) is 0 Å². The number of carboxylic acids is 1. The fourth-order valence-electron chi connectivity index (χ4n) is 3.57. The van der Waals surface area contributed by atoms with E-state index in [-0.39, 0.29) is 13.0 Å². The summed E-state index contributed by atoms with van der Waals surface area (Å²) in [6, 6.07) is 4.89. The maximum atomic E-state index is 12.6. The smallest absolute Gasteiger partial charge is 0.326 e. The summed E-state index contributed by atoms with van der Waals surface area (Å²) < 4.78 is 0. The number of hydrogen-bond donors (Lipinski definition) is 5. The molecule has 1 aromatic rings. The van der Waals surface area contributed by atoms with Gasteiger partial charge in [-0.05, 0) is 36.8 Å². The van der Waals surface area contributed by atoms with Crippen LogP contribution in [0.5, 0.6) is 0 Å². The summed E-state index contributed by atoms with van der Waals surface area (Å²) in [6.07, 6.45) is 1.61. The first kappa shape index (κ1) is 24.3. The third-order valence-electron chi connectivity index (χ3n) is 5.33. The Bertz CT molecular complexity index is 815. The van der Waals surface area contributed by atoms with Crippen molar-refractivity contribution in [2.24, 2.45) is 11.5 Å². The van der Waals surface area contributed by atoms with Crippen LogP contribution in [-0.4, -0.2) is 64.9 Å². The lowest BCUT2D eigenvalue weighted by Gasteiger charge is -2.25. The second-order valence-electron chi connectivity index (χ2n) is 7.61. The number of carbonyl (C=O) groups is 4. The summed E-state index contributed by atoms with van der Waals surface area (Å²) >= 11 is 0. The van der Waals surface area contributed by atoms with Crippen LogP contribution in [0.15, 0.2) is 24.3 Å². The van der Waals surface area contributed by atoms with Crippen LogP contribution in [0.1, 0.15) is 37.3 Å². The minimum atomic E-state index is -1.12. The summed E-state index contributed by atoms with van der Waals surface area (Å²) in [6.45, 7) is 2.13. The van der Waals surface area contributed by atoms with Crippen LogP contribution in [0, 0.1) is 0 Å². The van der Waals surface area contributed by atoms with Gasteiger partial charge in [0.05, 0.1) is 12.6 Å². The van der Waals surface area contributed by atoms with Crippen molar-refractivity contribution in [3.8, 4) is 0 Å². The summed E-state index contributed by atoms with van der Waals surface area (Å²) in [5, 5.41) is 14.1. The molecule has 1 fully saturated rings. The quantitative estimate of drug-likeness (QED) is 0.319. The van der Waals surface area contributed by atoms with Crippen molar-refractivity contribution in [3.05, 3.63) is 35.4 Å². The Morgan fingerprint density at radius 1 is 1.26 bits per heavy atom. The van der Waals surface area contributed by atoms with Crippen LogP contribution in [0.4, 0.5) is 0 Å². The maximum Gasteiger partial charge on any atom is 0.326 e. The molecule has 1 aliphatic heterocycles. The van der Waals surface area contributed by atoms with E-state index in [9.17, 15) is 19.2 Å². The Morgan fingerprint density at radius 2 is 1.97 bits per heavy atom. The average Bonchev–Trinajstić information content (AvgIpc) is 3.25. The van der Waals surface area contributed by atoms with Gasteiger partial charge < -0.3 is 32.1 Å². The molecule has 7 N–H and O–H groups in total. The molecule has 3 amide bonds. The molecular formula is C21H31N5O5. The van der Waals surface area contributed by atoms with Gasteiger partial charge in [0, 0.05) is 13.1 Å². The van der Waals surface area contributed by atoms with Crippen molar-refractivity contribution < 1.29 is 24.3 Å². The second kappa shape index (κ2) is 11.4. The van der Waals surface area contributed by atoms with E-state index in [4.69, 9.17) is 16.6 Å². The van der Waals surface area contributed by atoms with E-state index in [2.05, 4.69) is 10.6 Å². The molecule has 0 spiro atoms. The molecule has 1 saturated heterocycles. The zero-order chi connectivity index (χ0) is 23.0. The van der Waals surface area contributed by atoms with Gasteiger partial charge in [0.1, 0.15) is 12.1 Å². The molecule has 0 saturated carbocycles. The van der Waals surface area contributed by atoms with Gasteiger partial charge >= 0.3 is 5.97 Å². The molecule has 1 heterocycles. The molecule has 0 aromatic heterocycles. The van der Waals surface area contributed by atoms with Crippen molar-refractivity contribution >= 4 is 23.7 Å². The van der Waals surface area contributed by atoms with Crippen molar-refractivity contribution in [1.29, 1.82) is 0 Å². The van der Waals surface area contributed by atoms with Crippen LogP contribution in [0.25, 0.3) is 0 Å². The Labute approximate surface area is 181 Å². The van der Waals surface area contributed by atoms with Gasteiger partial charge in [0.25, 0.3) is 0 Å². The van der Waals surface area contributed by atoms with Gasteiger partial charge in [-0.1, -0.05) is 31.2 Å². The first-order valence-corrected chi connectivity index (χ1v) is 10.4. The molecular weight excluding hydrogens is 402 g/mol. The minimum Gasteiger partial charge on any atom is -0.480 e. The number of nitrogens with zero attached hydrogens (tertiary/aromatic N) is 1. The number of nitrogens with two attached hydrogens (primary N) is 2. The van der Waals surface area contributed by atoms with E-state index in [0.29, 0.717) is 32.4 Å². The largest absolute Gasteiger partial charge is 0.480 e. The summed E-state index contributed by atoms with van der Waals surface area (Å²) in [5.41, 5.74) is 13.4. The zero-order valence-corrected chi connectivity index (χ0v) is 17.7. The lowest BCUT2D eigenvalue weighted by molar-refractivity contribution is -0.144. The van der Waals surface area contributed by atoms with E-state index in [0.717, 1.165) is 11.1 Å². The number of carbonyl (C=O) groups excluding carboxylic acids is 3. The minimum absolute atomic E-state index is 0.240. The van der Waals surface area contributed by atoms with Gasteiger partial charge in [-0.2, -0.15) is 0 Å². The van der Waals surface area contributed by atoms with Crippen molar-refractivity contribution in [3.63, 3.8) is 0 Å². The molecule has 0 bridgehead atoms. The van der Waals surface area contributed by atoms with Crippen LogP contribution in [0.2, 0.25) is 0 Å². The van der Waals surface area contributed by atoms with Crippen LogP contribution >= 0.6 is 0 Å². The van der Waals surface area contributed by atoms with E-state index in [1.807, 2.05) is 24.3 Å². The Hall–Kier alpha value is -2.98. The maximum absolute atomic E-state index is 12.6. The standard InChI is InChI=1S/C21H31N5O5/c1-2-16(21(30)31)25-20(29)17-7-4-8-26(17)18(27)12-24-19(28)15(23)10-13-5-3-6-14(9-13)11-22/h3,5-6,9,15-17H,2,4,7-8,10-12,22-23H2,1H3,(H,24,28)(H,25,29)(H,30,31)/t15?,16?,17-/m0/s1. The number of benzene rings is 1. The molecule has 10 nitrogen and oxygen atoms in total. The lowest BCUT2D eigenvalue weighted by atomic mass is 10.0. The number of likely N-dealkylation sites (tertiary alicyclic amines) is 1. The molecule has 10 heteroatoms. The molecule has 31 heavy (non-hydrogen) atoms. The second-order valence-corrected chi connectivity index (χ2v) is 7.61. The summed E-state index contributed by atoms with van der Waals surface area (Å²) in [5.74, 6) is -2.50. The molecule has 2 rings (SSSR count). The zero-order valence-electron chi connectivity index (χ0n) is 17.7. The first-order chi connectivity index (χ1) is 14.8. The molecule has 1 aliphatic rings. The number of amides is 3. The summed E-state index contributed by atoms with van der Waals surface area (Å²) in [7, 11) is 0. The average molecular weight is 434 g/mol. The number of aliphatic carboxylic acids is 1. The predicted molar refractivity (Wildman–Crippen MR) is 114 cm³/mol. The predicted octanol–water partition coefficient (Wildman–Crippen LogP) is -0.898. The topological polar surface area (TPSA) is 168 Å². The molecule has 1 aromatic carbocycles. The number of nitrogens with one attached hydrogen (secondary N) is 2. The molecule has 2 unspecified atom stereocenters. The van der Waals surface area contributed by atoms with Gasteiger partial charge in [0.2, 0.25) is 17.7 Å².